The van der Waals surface area contributed by atoms with E-state index in [9.17, 15) is 24.0 Å². The van der Waals surface area contributed by atoms with Gasteiger partial charge >= 0.3 is 29.8 Å². The fraction of sp³-hybridized carbons (Fsp3) is 0.425. The summed E-state index contributed by atoms with van der Waals surface area (Å²) in [4.78, 5) is 63.5. The van der Waals surface area contributed by atoms with Gasteiger partial charge in [-0.05, 0) is 29.8 Å². The molecule has 0 spiro atoms. The highest BCUT2D eigenvalue weighted by molar-refractivity contribution is 5.90. The Kier molecular flexibility index (Phi) is 14.9. The second-order valence-corrected chi connectivity index (χ2v) is 12.7. The molecular weight excluding hydrogens is 720 g/mol. The van der Waals surface area contributed by atoms with Crippen molar-refractivity contribution in [3.05, 3.63) is 108 Å². The van der Waals surface area contributed by atoms with Crippen molar-refractivity contribution >= 4 is 29.8 Å². The molecule has 0 amide bonds. The van der Waals surface area contributed by atoms with E-state index in [-0.39, 0.29) is 30.8 Å². The number of carbonyl (C=O) groups excluding carboxylic acids is 5. The molecule has 0 saturated carbocycles. The van der Waals surface area contributed by atoms with Crippen LogP contribution in [0.15, 0.2) is 91.0 Å². The van der Waals surface area contributed by atoms with Crippen LogP contribution in [-0.4, -0.2) is 105 Å². The minimum Gasteiger partial charge on any atom is -0.463 e. The fourth-order valence-electron chi connectivity index (χ4n) is 6.18. The Morgan fingerprint density at radius 1 is 0.600 bits per heavy atom. The molecule has 0 N–H and O–H groups in total. The maximum Gasteiger partial charge on any atom is 0.338 e. The summed E-state index contributed by atoms with van der Waals surface area (Å²) in [7, 11) is 1.34. The third-order valence-electron chi connectivity index (χ3n) is 8.59. The number of rotatable bonds is 15. The van der Waals surface area contributed by atoms with Crippen LogP contribution >= 0.6 is 0 Å². The zero-order valence-electron chi connectivity index (χ0n) is 30.8. The van der Waals surface area contributed by atoms with Gasteiger partial charge in [-0.1, -0.05) is 66.7 Å². The molecule has 2 heterocycles. The normalized spacial score (nSPS) is 26.2. The molecule has 5 rings (SSSR count). The molecule has 2 saturated heterocycles. The van der Waals surface area contributed by atoms with Crippen LogP contribution in [0.1, 0.15) is 53.5 Å². The van der Waals surface area contributed by atoms with E-state index in [4.69, 9.17) is 47.4 Å². The molecule has 0 aromatic heterocycles. The first-order chi connectivity index (χ1) is 26.5. The van der Waals surface area contributed by atoms with Gasteiger partial charge in [-0.3, -0.25) is 14.4 Å². The van der Waals surface area contributed by atoms with Gasteiger partial charge in [0.2, 0.25) is 0 Å². The molecular formula is C40H44O15. The van der Waals surface area contributed by atoms with E-state index in [1.54, 1.807) is 60.7 Å². The summed E-state index contributed by atoms with van der Waals surface area (Å²) in [5.41, 5.74) is 1.27. The van der Waals surface area contributed by atoms with Gasteiger partial charge in [0.1, 0.15) is 31.0 Å². The van der Waals surface area contributed by atoms with Gasteiger partial charge < -0.3 is 47.4 Å². The van der Waals surface area contributed by atoms with Crippen molar-refractivity contribution < 1.29 is 71.3 Å². The molecule has 2 fully saturated rings. The molecule has 0 aliphatic carbocycles. The van der Waals surface area contributed by atoms with Crippen LogP contribution in [0.2, 0.25) is 0 Å². The summed E-state index contributed by atoms with van der Waals surface area (Å²) < 4.78 is 59.3. The third kappa shape index (κ3) is 11.7. The number of esters is 5. The van der Waals surface area contributed by atoms with Gasteiger partial charge in [0, 0.05) is 34.3 Å². The highest BCUT2D eigenvalue weighted by atomic mass is 16.8. The highest BCUT2D eigenvalue weighted by Crippen LogP contribution is 2.35. The van der Waals surface area contributed by atoms with E-state index in [1.807, 2.05) is 30.3 Å². The number of benzene rings is 3. The number of carbonyl (C=O) groups is 5. The van der Waals surface area contributed by atoms with Gasteiger partial charge in [-0.2, -0.15) is 0 Å². The first-order valence-electron chi connectivity index (χ1n) is 17.6. The van der Waals surface area contributed by atoms with Crippen LogP contribution in [0, 0.1) is 0 Å². The van der Waals surface area contributed by atoms with Gasteiger partial charge in [0.15, 0.2) is 30.9 Å². The van der Waals surface area contributed by atoms with Gasteiger partial charge in [0.05, 0.1) is 24.3 Å². The number of ether oxygens (including phenoxy) is 10. The van der Waals surface area contributed by atoms with E-state index >= 15 is 0 Å². The smallest absolute Gasteiger partial charge is 0.338 e. The summed E-state index contributed by atoms with van der Waals surface area (Å²) in [5, 5.41) is 0. The van der Waals surface area contributed by atoms with E-state index in [0.29, 0.717) is 0 Å². The number of hydrogen-bond acceptors (Lipinski definition) is 15. The molecule has 55 heavy (non-hydrogen) atoms. The predicted molar refractivity (Wildman–Crippen MR) is 189 cm³/mol. The lowest BCUT2D eigenvalue weighted by Crippen LogP contribution is -2.64. The van der Waals surface area contributed by atoms with Crippen molar-refractivity contribution in [1.82, 2.24) is 0 Å². The molecule has 15 nitrogen and oxygen atoms in total. The zero-order valence-corrected chi connectivity index (χ0v) is 30.8. The Morgan fingerprint density at radius 2 is 1.15 bits per heavy atom. The largest absolute Gasteiger partial charge is 0.463 e. The molecule has 15 heteroatoms. The van der Waals surface area contributed by atoms with E-state index in [0.717, 1.165) is 5.56 Å². The lowest BCUT2D eigenvalue weighted by Gasteiger charge is -2.47. The second-order valence-electron chi connectivity index (χ2n) is 12.7. The molecule has 2 aliphatic heterocycles. The molecule has 0 bridgehead atoms. The summed E-state index contributed by atoms with van der Waals surface area (Å²) in [6.45, 7) is 3.19. The number of methoxy groups -OCH3 is 1. The highest BCUT2D eigenvalue weighted by Gasteiger charge is 2.54. The van der Waals surface area contributed by atoms with Crippen LogP contribution in [0.4, 0.5) is 0 Å². The van der Waals surface area contributed by atoms with Crippen LogP contribution < -0.4 is 0 Å². The molecule has 4 unspecified atom stereocenters. The summed E-state index contributed by atoms with van der Waals surface area (Å²) in [6.07, 6.45) is -11.4. The molecule has 3 aromatic carbocycles. The molecule has 294 valence electrons. The van der Waals surface area contributed by atoms with Crippen LogP contribution in [0.5, 0.6) is 0 Å². The van der Waals surface area contributed by atoms with Crippen molar-refractivity contribution in [2.75, 3.05) is 20.3 Å². The SMILES string of the molecule is CO[C@H]1OC(COCc2ccccc2)[C@@H](O[C@@H]2C[C@@H](OC(C)=O)[C@@H](OC(C)=O)C(COC(C)=O)O2)C(OC(=O)c2ccccc2)C1OC(=O)c1ccccc1. The van der Waals surface area contributed by atoms with E-state index < -0.39 is 91.8 Å². The first kappa shape index (κ1) is 41.0. The number of hydrogen-bond donors (Lipinski definition) is 0. The lowest BCUT2D eigenvalue weighted by molar-refractivity contribution is -0.340. The van der Waals surface area contributed by atoms with Crippen molar-refractivity contribution in [2.24, 2.45) is 0 Å². The van der Waals surface area contributed by atoms with Gasteiger partial charge in [-0.25, -0.2) is 9.59 Å². The summed E-state index contributed by atoms with van der Waals surface area (Å²) >= 11 is 0. The van der Waals surface area contributed by atoms with Crippen molar-refractivity contribution in [3.63, 3.8) is 0 Å². The van der Waals surface area contributed by atoms with Crippen LogP contribution in [0.3, 0.4) is 0 Å². The first-order valence-corrected chi connectivity index (χ1v) is 17.6. The monoisotopic (exact) mass is 764 g/mol. The van der Waals surface area contributed by atoms with Gasteiger partial charge in [-0.15, -0.1) is 0 Å². The maximum absolute atomic E-state index is 13.8. The predicted octanol–water partition coefficient (Wildman–Crippen LogP) is 3.95. The van der Waals surface area contributed by atoms with Crippen LogP contribution in [0.25, 0.3) is 0 Å². The Balaban J connectivity index is 1.53. The average molecular weight is 765 g/mol. The average Bonchev–Trinajstić information content (AvgIpc) is 3.17. The molecule has 2 aliphatic rings. The molecule has 9 atom stereocenters. The topological polar surface area (TPSA) is 178 Å². The molecule has 3 aromatic rings. The lowest BCUT2D eigenvalue weighted by atomic mass is 9.97. The Hall–Kier alpha value is -5.19. The summed E-state index contributed by atoms with van der Waals surface area (Å²) in [5.74, 6) is -3.56. The Bertz CT molecular complexity index is 1720. The van der Waals surface area contributed by atoms with Crippen molar-refractivity contribution in [2.45, 2.75) is 89.1 Å². The standard InChI is InChI=1S/C40H44O15/c1-24(41)48-23-32-34(50-26(3)43)30(49-25(2)42)20-33(51-32)53-35-31(22-47-21-27-14-8-5-9-15-27)52-40(46-4)37(55-39(45)29-18-12-7-13-19-29)36(35)54-38(44)28-16-10-6-11-17-28/h5-19,30-37,40H,20-23H2,1-4H3/t30-,31?,32?,33-,34-,35-,36?,37?,40+/m1/s1. The summed E-state index contributed by atoms with van der Waals surface area (Å²) in [6, 6.07) is 25.7. The zero-order chi connectivity index (χ0) is 39.3. The van der Waals surface area contributed by atoms with Crippen molar-refractivity contribution in [3.8, 4) is 0 Å². The minimum atomic E-state index is -1.42. The second kappa shape index (κ2) is 19.9. The third-order valence-corrected chi connectivity index (χ3v) is 8.59. The van der Waals surface area contributed by atoms with Crippen molar-refractivity contribution in [1.29, 1.82) is 0 Å². The fourth-order valence-corrected chi connectivity index (χ4v) is 6.18. The maximum atomic E-state index is 13.8. The van der Waals surface area contributed by atoms with E-state index in [2.05, 4.69) is 0 Å². The molecule has 0 radical (unpaired) electrons. The Labute approximate surface area is 318 Å². The van der Waals surface area contributed by atoms with E-state index in [1.165, 1.54) is 27.9 Å². The van der Waals surface area contributed by atoms with Gasteiger partial charge in [0.25, 0.3) is 0 Å². The Morgan fingerprint density at radius 3 is 1.69 bits per heavy atom. The van der Waals surface area contributed by atoms with Crippen LogP contribution in [-0.2, 0) is 68.4 Å². The minimum absolute atomic E-state index is 0.134. The quantitative estimate of drug-likeness (QED) is 0.160.